The van der Waals surface area contributed by atoms with Gasteiger partial charge < -0.3 is 9.64 Å². The van der Waals surface area contributed by atoms with E-state index in [0.717, 1.165) is 6.42 Å². The number of hydrogen-bond acceptors (Lipinski definition) is 5. The van der Waals surface area contributed by atoms with Crippen molar-refractivity contribution in [3.05, 3.63) is 29.3 Å². The van der Waals surface area contributed by atoms with Crippen molar-refractivity contribution in [2.24, 2.45) is 0 Å². The Labute approximate surface area is 147 Å². The van der Waals surface area contributed by atoms with Crippen LogP contribution in [0.2, 0.25) is 5.02 Å². The summed E-state index contributed by atoms with van der Waals surface area (Å²) in [5.41, 5.74) is -0.597. The number of carbonyl (C=O) groups excluding carboxylic acids is 1. The Balaban J connectivity index is 1.99. The molecule has 0 unspecified atom stereocenters. The summed E-state index contributed by atoms with van der Waals surface area (Å²) < 4.78 is 34.9. The second kappa shape index (κ2) is 7.29. The molecule has 1 aromatic carbocycles. The summed E-state index contributed by atoms with van der Waals surface area (Å²) in [4.78, 5) is 13.8. The van der Waals surface area contributed by atoms with Crippen molar-refractivity contribution in [2.45, 2.75) is 50.2 Å². The van der Waals surface area contributed by atoms with Crippen LogP contribution in [0.15, 0.2) is 29.2 Å². The molecule has 1 fully saturated rings. The van der Waals surface area contributed by atoms with E-state index >= 15 is 0 Å². The van der Waals surface area contributed by atoms with Crippen LogP contribution in [0.5, 0.6) is 0 Å². The minimum absolute atomic E-state index is 0.0358. The molecule has 0 saturated carbocycles. The van der Waals surface area contributed by atoms with Crippen LogP contribution in [-0.4, -0.2) is 44.2 Å². The average Bonchev–Trinajstić information content (AvgIpc) is 2.92. The Bertz CT molecular complexity index is 681. The zero-order chi connectivity index (χ0) is 18.0. The van der Waals surface area contributed by atoms with Crippen molar-refractivity contribution in [3.63, 3.8) is 0 Å². The van der Waals surface area contributed by atoms with Crippen molar-refractivity contribution in [1.29, 1.82) is 0 Å². The molecule has 134 valence electrons. The highest BCUT2D eigenvalue weighted by atomic mass is 35.5. The van der Waals surface area contributed by atoms with Crippen LogP contribution >= 0.6 is 11.6 Å². The van der Waals surface area contributed by atoms with Gasteiger partial charge in [0.25, 0.3) is 10.1 Å². The molecule has 0 aliphatic carbocycles. The van der Waals surface area contributed by atoms with Crippen LogP contribution in [0.4, 0.5) is 4.79 Å². The molecule has 0 aromatic heterocycles. The van der Waals surface area contributed by atoms with Gasteiger partial charge in [-0.3, -0.25) is 4.18 Å². The molecule has 1 aliphatic rings. The standard InChI is InChI=1S/C16H22ClNO5S/c1-16(2,3)23-15(19)18-10-4-5-13(18)11-22-24(20,21)14-8-6-12(17)7-9-14/h6-9,13H,4-5,10-11H2,1-3H3/t13-/m0/s1. The zero-order valence-corrected chi connectivity index (χ0v) is 15.6. The molecule has 1 aromatic rings. The molecule has 0 radical (unpaired) electrons. The maximum Gasteiger partial charge on any atom is 0.410 e. The average molecular weight is 376 g/mol. The summed E-state index contributed by atoms with van der Waals surface area (Å²) in [6.07, 6.45) is 1.02. The first kappa shape index (κ1) is 19.0. The molecular weight excluding hydrogens is 354 g/mol. The minimum atomic E-state index is -3.89. The minimum Gasteiger partial charge on any atom is -0.444 e. The highest BCUT2D eigenvalue weighted by Gasteiger charge is 2.33. The quantitative estimate of drug-likeness (QED) is 0.753. The van der Waals surface area contributed by atoms with Crippen LogP contribution in [0.25, 0.3) is 0 Å². The molecule has 24 heavy (non-hydrogen) atoms. The van der Waals surface area contributed by atoms with Gasteiger partial charge in [-0.25, -0.2) is 4.79 Å². The van der Waals surface area contributed by atoms with E-state index < -0.39 is 21.8 Å². The molecule has 0 bridgehead atoms. The molecule has 1 amide bonds. The van der Waals surface area contributed by atoms with Gasteiger partial charge in [-0.2, -0.15) is 8.42 Å². The smallest absolute Gasteiger partial charge is 0.410 e. The monoisotopic (exact) mass is 375 g/mol. The first-order chi connectivity index (χ1) is 11.1. The van der Waals surface area contributed by atoms with Gasteiger partial charge in [-0.1, -0.05) is 11.6 Å². The first-order valence-corrected chi connectivity index (χ1v) is 9.52. The number of likely N-dealkylation sites (tertiary alicyclic amines) is 1. The third-order valence-electron chi connectivity index (χ3n) is 3.52. The van der Waals surface area contributed by atoms with Gasteiger partial charge in [0.15, 0.2) is 0 Å². The Morgan fingerprint density at radius 3 is 2.50 bits per heavy atom. The van der Waals surface area contributed by atoms with Crippen LogP contribution in [0.1, 0.15) is 33.6 Å². The fraction of sp³-hybridized carbons (Fsp3) is 0.562. The highest BCUT2D eigenvalue weighted by molar-refractivity contribution is 7.86. The summed E-state index contributed by atoms with van der Waals surface area (Å²) in [5.74, 6) is 0. The number of benzene rings is 1. The van der Waals surface area contributed by atoms with E-state index in [1.54, 1.807) is 20.8 Å². The second-order valence-corrected chi connectivity index (χ2v) is 8.71. The summed E-state index contributed by atoms with van der Waals surface area (Å²) in [5, 5.41) is 0.445. The molecule has 0 N–H and O–H groups in total. The molecule has 2 rings (SSSR count). The first-order valence-electron chi connectivity index (χ1n) is 7.73. The predicted molar refractivity (Wildman–Crippen MR) is 90.6 cm³/mol. The molecule has 1 saturated heterocycles. The Kier molecular flexibility index (Phi) is 5.78. The van der Waals surface area contributed by atoms with E-state index in [9.17, 15) is 13.2 Å². The zero-order valence-electron chi connectivity index (χ0n) is 14.0. The Morgan fingerprint density at radius 1 is 1.29 bits per heavy atom. The van der Waals surface area contributed by atoms with Crippen LogP contribution in [-0.2, 0) is 19.0 Å². The molecular formula is C16H22ClNO5S. The van der Waals surface area contributed by atoms with Gasteiger partial charge in [0, 0.05) is 11.6 Å². The van der Waals surface area contributed by atoms with Gasteiger partial charge >= 0.3 is 6.09 Å². The maximum atomic E-state index is 12.2. The van der Waals surface area contributed by atoms with Crippen molar-refractivity contribution in [2.75, 3.05) is 13.2 Å². The lowest BCUT2D eigenvalue weighted by Gasteiger charge is -2.28. The van der Waals surface area contributed by atoms with E-state index in [-0.39, 0.29) is 17.5 Å². The second-order valence-electron chi connectivity index (χ2n) is 6.66. The summed E-state index contributed by atoms with van der Waals surface area (Å²) in [6, 6.07) is 5.43. The van der Waals surface area contributed by atoms with Crippen LogP contribution in [0.3, 0.4) is 0 Å². The SMILES string of the molecule is CC(C)(C)OC(=O)N1CCC[C@H]1COS(=O)(=O)c1ccc(Cl)cc1. The van der Waals surface area contributed by atoms with E-state index in [1.807, 2.05) is 0 Å². The number of halogens is 1. The molecule has 1 atom stereocenters. The van der Waals surface area contributed by atoms with Gasteiger partial charge in [0.05, 0.1) is 17.5 Å². The molecule has 0 spiro atoms. The number of ether oxygens (including phenoxy) is 1. The number of rotatable bonds is 4. The third-order valence-corrected chi connectivity index (χ3v) is 5.07. The van der Waals surface area contributed by atoms with Crippen LogP contribution in [0, 0.1) is 0 Å². The van der Waals surface area contributed by atoms with E-state index in [4.69, 9.17) is 20.5 Å². The number of carbonyl (C=O) groups is 1. The van der Waals surface area contributed by atoms with Crippen molar-refractivity contribution in [3.8, 4) is 0 Å². The van der Waals surface area contributed by atoms with E-state index in [0.29, 0.717) is 18.0 Å². The molecule has 8 heteroatoms. The number of nitrogens with zero attached hydrogens (tertiary/aromatic N) is 1. The fourth-order valence-corrected chi connectivity index (χ4v) is 3.48. The van der Waals surface area contributed by atoms with Crippen molar-refractivity contribution >= 4 is 27.8 Å². The number of hydrogen-bond donors (Lipinski definition) is 0. The van der Waals surface area contributed by atoms with Gasteiger partial charge in [0.1, 0.15) is 5.60 Å². The largest absolute Gasteiger partial charge is 0.444 e. The van der Waals surface area contributed by atoms with Crippen LogP contribution < -0.4 is 0 Å². The Hall–Kier alpha value is -1.31. The lowest BCUT2D eigenvalue weighted by atomic mass is 10.2. The van der Waals surface area contributed by atoms with Crippen molar-refractivity contribution in [1.82, 2.24) is 4.90 Å². The maximum absolute atomic E-state index is 12.2. The summed E-state index contributed by atoms with van der Waals surface area (Å²) in [7, 11) is -3.89. The third kappa shape index (κ3) is 5.09. The lowest BCUT2D eigenvalue weighted by molar-refractivity contribution is 0.0189. The van der Waals surface area contributed by atoms with E-state index in [2.05, 4.69) is 0 Å². The van der Waals surface area contributed by atoms with Gasteiger partial charge in [-0.05, 0) is 57.9 Å². The molecule has 1 heterocycles. The highest BCUT2D eigenvalue weighted by Crippen LogP contribution is 2.23. The Morgan fingerprint density at radius 2 is 1.92 bits per heavy atom. The lowest BCUT2D eigenvalue weighted by Crippen LogP contribution is -2.42. The van der Waals surface area contributed by atoms with Crippen molar-refractivity contribution < 1.29 is 22.1 Å². The molecule has 6 nitrogen and oxygen atoms in total. The fourth-order valence-electron chi connectivity index (χ4n) is 2.41. The topological polar surface area (TPSA) is 72.9 Å². The van der Waals surface area contributed by atoms with E-state index in [1.165, 1.54) is 29.2 Å². The summed E-state index contributed by atoms with van der Waals surface area (Å²) in [6.45, 7) is 5.81. The van der Waals surface area contributed by atoms with Gasteiger partial charge in [0.2, 0.25) is 0 Å². The summed E-state index contributed by atoms with van der Waals surface area (Å²) >= 11 is 5.76. The molecule has 1 aliphatic heterocycles. The normalized spacial score (nSPS) is 18.7. The van der Waals surface area contributed by atoms with Gasteiger partial charge in [-0.15, -0.1) is 0 Å². The predicted octanol–water partition coefficient (Wildman–Crippen LogP) is 3.44. The number of amides is 1.